The molecule has 1 aliphatic rings. The maximum absolute atomic E-state index is 10.6. The minimum absolute atomic E-state index is 0.540. The number of hydrogen-bond donors (Lipinski definition) is 2. The summed E-state index contributed by atoms with van der Waals surface area (Å²) in [6.45, 7) is 0. The lowest BCUT2D eigenvalue weighted by molar-refractivity contribution is 0.112. The number of carbonyl (C=O) groups excluding carboxylic acids is 1. The van der Waals surface area contributed by atoms with Crippen LogP contribution in [0.4, 0.5) is 11.4 Å². The van der Waals surface area contributed by atoms with Crippen molar-refractivity contribution in [3.8, 4) is 0 Å². The van der Waals surface area contributed by atoms with Crippen molar-refractivity contribution in [1.82, 2.24) is 0 Å². The zero-order valence-electron chi connectivity index (χ0n) is 9.41. The van der Waals surface area contributed by atoms with E-state index < -0.39 is 0 Å². The Morgan fingerprint density at radius 1 is 1.25 bits per heavy atom. The van der Waals surface area contributed by atoms with Gasteiger partial charge in [-0.1, -0.05) is 19.3 Å². The number of anilines is 2. The van der Waals surface area contributed by atoms with E-state index >= 15 is 0 Å². The first-order valence-electron chi connectivity index (χ1n) is 5.91. The highest BCUT2D eigenvalue weighted by Crippen LogP contribution is 2.25. The third kappa shape index (κ3) is 2.54. The Morgan fingerprint density at radius 3 is 2.62 bits per heavy atom. The fourth-order valence-electron chi connectivity index (χ4n) is 2.25. The van der Waals surface area contributed by atoms with E-state index in [9.17, 15) is 4.79 Å². The molecule has 0 heterocycles. The predicted octanol–water partition coefficient (Wildman–Crippen LogP) is 2.83. The molecule has 0 aromatic heterocycles. The van der Waals surface area contributed by atoms with Gasteiger partial charge >= 0.3 is 0 Å². The van der Waals surface area contributed by atoms with Gasteiger partial charge in [-0.05, 0) is 31.0 Å². The molecular formula is C13H18N2O. The molecule has 2 rings (SSSR count). The Kier molecular flexibility index (Phi) is 3.44. The van der Waals surface area contributed by atoms with Gasteiger partial charge in [-0.3, -0.25) is 4.79 Å². The summed E-state index contributed by atoms with van der Waals surface area (Å²) in [5.74, 6) is 0. The first kappa shape index (κ1) is 11.0. The Bertz CT molecular complexity index is 370. The molecule has 16 heavy (non-hydrogen) atoms. The first-order chi connectivity index (χ1) is 7.79. The fraction of sp³-hybridized carbons (Fsp3) is 0.462. The van der Waals surface area contributed by atoms with Gasteiger partial charge in [0.15, 0.2) is 0 Å². The van der Waals surface area contributed by atoms with Crippen molar-refractivity contribution in [2.45, 2.75) is 38.1 Å². The largest absolute Gasteiger partial charge is 0.397 e. The van der Waals surface area contributed by atoms with Crippen LogP contribution in [0.2, 0.25) is 0 Å². The highest BCUT2D eigenvalue weighted by molar-refractivity contribution is 5.80. The van der Waals surface area contributed by atoms with E-state index in [1.807, 2.05) is 6.07 Å². The van der Waals surface area contributed by atoms with Crippen LogP contribution in [0, 0.1) is 0 Å². The highest BCUT2D eigenvalue weighted by Gasteiger charge is 2.13. The van der Waals surface area contributed by atoms with Crippen LogP contribution in [0.25, 0.3) is 0 Å². The van der Waals surface area contributed by atoms with Crippen molar-refractivity contribution in [2.24, 2.45) is 0 Å². The molecule has 1 aliphatic carbocycles. The van der Waals surface area contributed by atoms with Crippen LogP contribution in [-0.4, -0.2) is 12.3 Å². The van der Waals surface area contributed by atoms with Crippen molar-refractivity contribution in [3.05, 3.63) is 23.8 Å². The van der Waals surface area contributed by atoms with Crippen LogP contribution >= 0.6 is 0 Å². The minimum Gasteiger partial charge on any atom is -0.397 e. The number of nitrogen functional groups attached to an aromatic ring is 1. The SMILES string of the molecule is Nc1cc(C=O)ccc1NC1CCCCC1. The maximum Gasteiger partial charge on any atom is 0.150 e. The topological polar surface area (TPSA) is 55.1 Å². The van der Waals surface area contributed by atoms with Crippen LogP contribution in [0.15, 0.2) is 18.2 Å². The molecule has 1 aromatic carbocycles. The molecular weight excluding hydrogens is 200 g/mol. The average molecular weight is 218 g/mol. The van der Waals surface area contributed by atoms with Gasteiger partial charge in [-0.2, -0.15) is 0 Å². The molecule has 0 saturated heterocycles. The van der Waals surface area contributed by atoms with E-state index in [0.29, 0.717) is 17.3 Å². The lowest BCUT2D eigenvalue weighted by Gasteiger charge is -2.24. The second-order valence-corrected chi connectivity index (χ2v) is 4.44. The van der Waals surface area contributed by atoms with E-state index in [1.165, 1.54) is 32.1 Å². The molecule has 3 N–H and O–H groups in total. The molecule has 0 bridgehead atoms. The summed E-state index contributed by atoms with van der Waals surface area (Å²) in [5, 5.41) is 3.46. The Balaban J connectivity index is 2.05. The van der Waals surface area contributed by atoms with E-state index in [0.717, 1.165) is 12.0 Å². The van der Waals surface area contributed by atoms with Gasteiger partial charge in [0, 0.05) is 11.6 Å². The van der Waals surface area contributed by atoms with Gasteiger partial charge in [-0.15, -0.1) is 0 Å². The molecule has 0 unspecified atom stereocenters. The summed E-state index contributed by atoms with van der Waals surface area (Å²) in [5.41, 5.74) is 8.14. The van der Waals surface area contributed by atoms with Crippen molar-refractivity contribution >= 4 is 17.7 Å². The third-order valence-corrected chi connectivity index (χ3v) is 3.18. The number of nitrogens with one attached hydrogen (secondary N) is 1. The molecule has 86 valence electrons. The molecule has 1 saturated carbocycles. The number of hydrogen-bond acceptors (Lipinski definition) is 3. The smallest absolute Gasteiger partial charge is 0.150 e. The Labute approximate surface area is 96.0 Å². The second-order valence-electron chi connectivity index (χ2n) is 4.44. The highest BCUT2D eigenvalue weighted by atomic mass is 16.1. The number of carbonyl (C=O) groups is 1. The van der Waals surface area contributed by atoms with Crippen molar-refractivity contribution in [2.75, 3.05) is 11.1 Å². The van der Waals surface area contributed by atoms with E-state index in [-0.39, 0.29) is 0 Å². The van der Waals surface area contributed by atoms with E-state index in [1.54, 1.807) is 12.1 Å². The number of nitrogens with two attached hydrogens (primary N) is 1. The summed E-state index contributed by atoms with van der Waals surface area (Å²) in [4.78, 5) is 10.6. The molecule has 0 amide bonds. The van der Waals surface area contributed by atoms with Crippen molar-refractivity contribution < 1.29 is 4.79 Å². The second kappa shape index (κ2) is 5.01. The number of aldehydes is 1. The lowest BCUT2D eigenvalue weighted by atomic mass is 9.95. The van der Waals surface area contributed by atoms with Crippen LogP contribution in [0.1, 0.15) is 42.5 Å². The molecule has 0 radical (unpaired) electrons. The average Bonchev–Trinajstić information content (AvgIpc) is 2.33. The van der Waals surface area contributed by atoms with Crippen LogP contribution in [0.5, 0.6) is 0 Å². The van der Waals surface area contributed by atoms with Crippen LogP contribution in [-0.2, 0) is 0 Å². The first-order valence-corrected chi connectivity index (χ1v) is 5.91. The summed E-state index contributed by atoms with van der Waals surface area (Å²) >= 11 is 0. The molecule has 1 fully saturated rings. The van der Waals surface area contributed by atoms with E-state index in [4.69, 9.17) is 5.73 Å². The summed E-state index contributed by atoms with van der Waals surface area (Å²) in [6.07, 6.45) is 7.19. The zero-order valence-corrected chi connectivity index (χ0v) is 9.41. The Hall–Kier alpha value is -1.51. The summed E-state index contributed by atoms with van der Waals surface area (Å²) < 4.78 is 0. The maximum atomic E-state index is 10.6. The van der Waals surface area contributed by atoms with Gasteiger partial charge in [-0.25, -0.2) is 0 Å². The van der Waals surface area contributed by atoms with Gasteiger partial charge in [0.2, 0.25) is 0 Å². The number of rotatable bonds is 3. The monoisotopic (exact) mass is 218 g/mol. The van der Waals surface area contributed by atoms with Gasteiger partial charge in [0.1, 0.15) is 6.29 Å². The third-order valence-electron chi connectivity index (χ3n) is 3.18. The molecule has 0 spiro atoms. The molecule has 1 aromatic rings. The van der Waals surface area contributed by atoms with E-state index in [2.05, 4.69) is 5.32 Å². The van der Waals surface area contributed by atoms with Gasteiger partial charge < -0.3 is 11.1 Å². The molecule has 0 aliphatic heterocycles. The zero-order chi connectivity index (χ0) is 11.4. The van der Waals surface area contributed by atoms with Crippen molar-refractivity contribution in [3.63, 3.8) is 0 Å². The summed E-state index contributed by atoms with van der Waals surface area (Å²) in [7, 11) is 0. The molecule has 0 atom stereocenters. The number of benzene rings is 1. The standard InChI is InChI=1S/C13H18N2O/c14-12-8-10(9-16)6-7-13(12)15-11-4-2-1-3-5-11/h6-9,11,15H,1-5,14H2. The Morgan fingerprint density at radius 2 is 2.00 bits per heavy atom. The lowest BCUT2D eigenvalue weighted by Crippen LogP contribution is -2.22. The predicted molar refractivity (Wildman–Crippen MR) is 66.7 cm³/mol. The fourth-order valence-corrected chi connectivity index (χ4v) is 2.25. The normalized spacial score (nSPS) is 17.0. The molecule has 3 heteroatoms. The molecule has 3 nitrogen and oxygen atoms in total. The quantitative estimate of drug-likeness (QED) is 0.606. The van der Waals surface area contributed by atoms with Gasteiger partial charge in [0.25, 0.3) is 0 Å². The van der Waals surface area contributed by atoms with Crippen LogP contribution < -0.4 is 11.1 Å². The van der Waals surface area contributed by atoms with Gasteiger partial charge in [0.05, 0.1) is 11.4 Å². The summed E-state index contributed by atoms with van der Waals surface area (Å²) in [6, 6.07) is 5.96. The van der Waals surface area contributed by atoms with Crippen LogP contribution in [0.3, 0.4) is 0 Å². The van der Waals surface area contributed by atoms with Crippen molar-refractivity contribution in [1.29, 1.82) is 0 Å². The minimum atomic E-state index is 0.540.